The van der Waals surface area contributed by atoms with Gasteiger partial charge in [-0.1, -0.05) is 37.5 Å². The maximum Gasteiger partial charge on any atom is 0.0900 e. The van der Waals surface area contributed by atoms with Gasteiger partial charge in [0.2, 0.25) is 0 Å². The molecule has 138 valence electrons. The SMILES string of the molecule is OC(COC1CCCCC1)CN1C[C@@H]2CC[C@H]1CN2c1ccccc1. The van der Waals surface area contributed by atoms with Crippen molar-refractivity contribution in [2.24, 2.45) is 0 Å². The van der Waals surface area contributed by atoms with Crippen LogP contribution in [-0.2, 0) is 4.74 Å². The number of nitrogens with zero attached hydrogens (tertiary/aromatic N) is 2. The number of piperazine rings is 1. The molecule has 3 saturated heterocycles. The van der Waals surface area contributed by atoms with Crippen molar-refractivity contribution < 1.29 is 9.84 Å². The Morgan fingerprint density at radius 1 is 0.960 bits per heavy atom. The van der Waals surface area contributed by atoms with E-state index in [2.05, 4.69) is 40.1 Å². The van der Waals surface area contributed by atoms with E-state index in [9.17, 15) is 5.11 Å². The van der Waals surface area contributed by atoms with Gasteiger partial charge in [0.05, 0.1) is 18.8 Å². The van der Waals surface area contributed by atoms with Crippen molar-refractivity contribution >= 4 is 5.69 Å². The summed E-state index contributed by atoms with van der Waals surface area (Å²) >= 11 is 0. The zero-order valence-corrected chi connectivity index (χ0v) is 15.2. The van der Waals surface area contributed by atoms with Crippen molar-refractivity contribution in [3.05, 3.63) is 30.3 Å². The first-order valence-corrected chi connectivity index (χ1v) is 10.1. The van der Waals surface area contributed by atoms with Gasteiger partial charge in [0.15, 0.2) is 0 Å². The van der Waals surface area contributed by atoms with Gasteiger partial charge in [-0.3, -0.25) is 4.90 Å². The van der Waals surface area contributed by atoms with E-state index in [0.29, 0.717) is 24.8 Å². The lowest BCUT2D eigenvalue weighted by Gasteiger charge is -2.53. The highest BCUT2D eigenvalue weighted by Crippen LogP contribution is 2.32. The summed E-state index contributed by atoms with van der Waals surface area (Å²) in [6, 6.07) is 11.9. The number of aliphatic hydroxyl groups excluding tert-OH is 1. The molecule has 0 aromatic heterocycles. The van der Waals surface area contributed by atoms with Crippen molar-refractivity contribution in [2.45, 2.75) is 69.2 Å². The maximum atomic E-state index is 10.5. The Hall–Kier alpha value is -1.10. The van der Waals surface area contributed by atoms with Gasteiger partial charge in [-0.05, 0) is 37.8 Å². The third-order valence-electron chi connectivity index (χ3n) is 6.25. The summed E-state index contributed by atoms with van der Waals surface area (Å²) in [4.78, 5) is 5.07. The summed E-state index contributed by atoms with van der Waals surface area (Å²) in [5.41, 5.74) is 1.35. The van der Waals surface area contributed by atoms with Crippen LogP contribution in [0.15, 0.2) is 30.3 Å². The van der Waals surface area contributed by atoms with Crippen LogP contribution in [0, 0.1) is 0 Å². The Balaban J connectivity index is 1.27. The highest BCUT2D eigenvalue weighted by Gasteiger charge is 2.39. The van der Waals surface area contributed by atoms with Crippen LogP contribution in [0.3, 0.4) is 0 Å². The molecule has 3 atom stereocenters. The molecule has 2 bridgehead atoms. The van der Waals surface area contributed by atoms with E-state index in [1.165, 1.54) is 50.6 Å². The lowest BCUT2D eigenvalue weighted by Crippen LogP contribution is -2.64. The fraction of sp³-hybridized carbons (Fsp3) is 0.714. The number of benzene rings is 1. The summed E-state index contributed by atoms with van der Waals surface area (Å²) in [5, 5.41) is 10.5. The van der Waals surface area contributed by atoms with Gasteiger partial charge in [0, 0.05) is 37.4 Å². The van der Waals surface area contributed by atoms with E-state index in [-0.39, 0.29) is 6.10 Å². The van der Waals surface area contributed by atoms with Gasteiger partial charge < -0.3 is 14.7 Å². The van der Waals surface area contributed by atoms with Crippen LogP contribution in [0.1, 0.15) is 44.9 Å². The average molecular weight is 344 g/mol. The summed E-state index contributed by atoms with van der Waals surface area (Å²) in [6.07, 6.45) is 8.81. The lowest BCUT2D eigenvalue weighted by molar-refractivity contribution is -0.0438. The molecule has 0 amide bonds. The van der Waals surface area contributed by atoms with Crippen molar-refractivity contribution in [3.8, 4) is 0 Å². The fourth-order valence-electron chi connectivity index (χ4n) is 4.88. The summed E-state index contributed by atoms with van der Waals surface area (Å²) < 4.78 is 5.97. The molecular weight excluding hydrogens is 312 g/mol. The highest BCUT2D eigenvalue weighted by atomic mass is 16.5. The molecule has 4 heteroatoms. The quantitative estimate of drug-likeness (QED) is 0.860. The minimum Gasteiger partial charge on any atom is -0.389 e. The van der Waals surface area contributed by atoms with E-state index in [0.717, 1.165) is 19.6 Å². The number of hydrogen-bond donors (Lipinski definition) is 1. The van der Waals surface area contributed by atoms with Crippen LogP contribution in [-0.4, -0.2) is 60.5 Å². The normalized spacial score (nSPS) is 29.1. The van der Waals surface area contributed by atoms with Crippen molar-refractivity contribution in [1.82, 2.24) is 4.90 Å². The van der Waals surface area contributed by atoms with Gasteiger partial charge >= 0.3 is 0 Å². The molecule has 1 aromatic carbocycles. The molecular formula is C21H32N2O2. The van der Waals surface area contributed by atoms with Crippen molar-refractivity contribution in [1.29, 1.82) is 0 Å². The van der Waals surface area contributed by atoms with Crippen molar-refractivity contribution in [3.63, 3.8) is 0 Å². The molecule has 1 aromatic rings. The van der Waals surface area contributed by atoms with E-state index in [1.807, 2.05) is 0 Å². The first kappa shape index (κ1) is 17.3. The minimum absolute atomic E-state index is 0.355. The van der Waals surface area contributed by atoms with E-state index >= 15 is 0 Å². The van der Waals surface area contributed by atoms with Crippen LogP contribution in [0.2, 0.25) is 0 Å². The van der Waals surface area contributed by atoms with Crippen LogP contribution in [0.5, 0.6) is 0 Å². The Morgan fingerprint density at radius 2 is 1.72 bits per heavy atom. The van der Waals surface area contributed by atoms with E-state index < -0.39 is 0 Å². The summed E-state index contributed by atoms with van der Waals surface area (Å²) in [7, 11) is 0. The number of para-hydroxylation sites is 1. The molecule has 1 aliphatic carbocycles. The molecule has 1 saturated carbocycles. The number of aliphatic hydroxyl groups is 1. The Bertz CT molecular complexity index is 532. The maximum absolute atomic E-state index is 10.5. The number of ether oxygens (including phenoxy) is 1. The molecule has 0 radical (unpaired) electrons. The van der Waals surface area contributed by atoms with Gasteiger partial charge in [0.1, 0.15) is 0 Å². The van der Waals surface area contributed by atoms with Crippen LogP contribution < -0.4 is 4.90 Å². The molecule has 4 nitrogen and oxygen atoms in total. The largest absolute Gasteiger partial charge is 0.389 e. The number of piperidine rings is 2. The van der Waals surface area contributed by atoms with Crippen molar-refractivity contribution in [2.75, 3.05) is 31.1 Å². The zero-order chi connectivity index (χ0) is 17.1. The molecule has 4 fully saturated rings. The zero-order valence-electron chi connectivity index (χ0n) is 15.2. The first-order chi connectivity index (χ1) is 12.3. The molecule has 25 heavy (non-hydrogen) atoms. The standard InChI is InChI=1S/C21H32N2O2/c24-20(16-25-21-9-5-2-6-10-21)15-22-13-19-12-11-18(22)14-23(19)17-7-3-1-4-8-17/h1,3-4,7-8,18-21,24H,2,5-6,9-16H2/t18-,19-,20?/m0/s1. The summed E-state index contributed by atoms with van der Waals surface area (Å²) in [5.74, 6) is 0. The van der Waals surface area contributed by atoms with E-state index in [1.54, 1.807) is 0 Å². The third-order valence-corrected chi connectivity index (χ3v) is 6.25. The van der Waals surface area contributed by atoms with Gasteiger partial charge in [-0.25, -0.2) is 0 Å². The molecule has 3 heterocycles. The monoisotopic (exact) mass is 344 g/mol. The molecule has 1 unspecified atom stereocenters. The second-order valence-electron chi connectivity index (χ2n) is 8.07. The summed E-state index contributed by atoms with van der Waals surface area (Å²) in [6.45, 7) is 3.42. The fourth-order valence-corrected chi connectivity index (χ4v) is 4.88. The molecule has 0 spiro atoms. The second kappa shape index (κ2) is 8.07. The Labute approximate surface area is 151 Å². The molecule has 4 aliphatic rings. The van der Waals surface area contributed by atoms with Crippen LogP contribution in [0.4, 0.5) is 5.69 Å². The smallest absolute Gasteiger partial charge is 0.0900 e. The average Bonchev–Trinajstić information content (AvgIpc) is 2.68. The predicted molar refractivity (Wildman–Crippen MR) is 101 cm³/mol. The highest BCUT2D eigenvalue weighted by molar-refractivity contribution is 5.48. The predicted octanol–water partition coefficient (Wildman–Crippen LogP) is 3.05. The number of hydrogen-bond acceptors (Lipinski definition) is 4. The lowest BCUT2D eigenvalue weighted by atomic mass is 9.90. The molecule has 3 aliphatic heterocycles. The van der Waals surface area contributed by atoms with Crippen LogP contribution >= 0.6 is 0 Å². The Morgan fingerprint density at radius 3 is 2.44 bits per heavy atom. The van der Waals surface area contributed by atoms with Crippen LogP contribution in [0.25, 0.3) is 0 Å². The minimum atomic E-state index is -0.355. The molecule has 1 N–H and O–H groups in total. The number of fused-ring (bicyclic) bond motifs is 3. The number of rotatable bonds is 6. The second-order valence-corrected chi connectivity index (χ2v) is 8.07. The van der Waals surface area contributed by atoms with E-state index in [4.69, 9.17) is 4.74 Å². The first-order valence-electron chi connectivity index (χ1n) is 10.1. The molecule has 5 rings (SSSR count). The number of anilines is 1. The topological polar surface area (TPSA) is 35.9 Å². The third kappa shape index (κ3) is 4.18. The van der Waals surface area contributed by atoms with Gasteiger partial charge in [0.25, 0.3) is 0 Å². The van der Waals surface area contributed by atoms with Gasteiger partial charge in [-0.15, -0.1) is 0 Å². The Kier molecular flexibility index (Phi) is 5.59. The van der Waals surface area contributed by atoms with Gasteiger partial charge in [-0.2, -0.15) is 0 Å².